The lowest BCUT2D eigenvalue weighted by Gasteiger charge is -2.34. The van der Waals surface area contributed by atoms with Crippen molar-refractivity contribution in [2.24, 2.45) is 0 Å². The Morgan fingerprint density at radius 1 is 0.731 bits per heavy atom. The molecule has 0 amide bonds. The molecule has 0 bridgehead atoms. The number of rotatable bonds is 12. The highest BCUT2D eigenvalue weighted by Crippen LogP contribution is 2.40. The third-order valence-electron chi connectivity index (χ3n) is 9.21. The molecular weight excluding hydrogens is 647 g/mol. The van der Waals surface area contributed by atoms with Gasteiger partial charge < -0.3 is 9.47 Å². The minimum Gasteiger partial charge on any atom is -0.488 e. The van der Waals surface area contributed by atoms with E-state index in [1.165, 1.54) is 7.11 Å². The third-order valence-corrected chi connectivity index (χ3v) is 9.21. The maximum atomic E-state index is 12.8. The van der Waals surface area contributed by atoms with Crippen LogP contribution in [-0.2, 0) is 23.3 Å². The van der Waals surface area contributed by atoms with Crippen molar-refractivity contribution in [2.75, 3.05) is 7.11 Å². The van der Waals surface area contributed by atoms with Gasteiger partial charge in [-0.15, -0.1) is 15.0 Å². The highest BCUT2D eigenvalue weighted by atomic mass is 16.5. The third kappa shape index (κ3) is 6.58. The molecule has 7 aromatic rings. The summed E-state index contributed by atoms with van der Waals surface area (Å²) in [5.41, 5.74) is 7.48. The van der Waals surface area contributed by atoms with E-state index in [1.54, 1.807) is 11.7 Å². The predicted octanol–water partition coefficient (Wildman–Crippen LogP) is 8.87. The fourth-order valence-electron chi connectivity index (χ4n) is 6.80. The molecule has 0 saturated carbocycles. The number of aromatic nitrogens is 5. The number of carbonyl (C=O) groups excluding carboxylic acids is 1. The smallest absolute Gasteiger partial charge is 0.343 e. The standard InChI is InChI=1S/C44H39N5O3/c1-4-17-37-29-40(41(31(2)45-37)43(50)51-3)52-30-32-26-27-38(33-18-9-5-10-19-33)39(28-32)42-46-48-49(47-42)44(34-20-11-6-12-21-34,35-22-13-7-14-23-35)36-24-15-8-16-25-36/h5-16,18-29H,4,17,30H2,1-3H3. The van der Waals surface area contributed by atoms with Crippen LogP contribution in [-0.4, -0.2) is 38.3 Å². The second-order valence-corrected chi connectivity index (χ2v) is 12.6. The number of benzene rings is 5. The van der Waals surface area contributed by atoms with Crippen LogP contribution in [0.25, 0.3) is 22.5 Å². The quantitative estimate of drug-likeness (QED) is 0.0937. The Hall–Kier alpha value is -6.41. The van der Waals surface area contributed by atoms with E-state index in [-0.39, 0.29) is 6.61 Å². The van der Waals surface area contributed by atoms with Crippen LogP contribution in [0.1, 0.15) is 57.3 Å². The van der Waals surface area contributed by atoms with Crippen molar-refractivity contribution < 1.29 is 14.3 Å². The van der Waals surface area contributed by atoms with Gasteiger partial charge in [-0.1, -0.05) is 147 Å². The summed E-state index contributed by atoms with van der Waals surface area (Å²) in [7, 11) is 1.36. The summed E-state index contributed by atoms with van der Waals surface area (Å²) in [5, 5.41) is 14.8. The fourth-order valence-corrected chi connectivity index (χ4v) is 6.80. The predicted molar refractivity (Wildman–Crippen MR) is 202 cm³/mol. The largest absolute Gasteiger partial charge is 0.488 e. The number of ether oxygens (including phenoxy) is 2. The summed E-state index contributed by atoms with van der Waals surface area (Å²) in [6.45, 7) is 4.09. The first-order valence-electron chi connectivity index (χ1n) is 17.4. The van der Waals surface area contributed by atoms with E-state index >= 15 is 0 Å². The van der Waals surface area contributed by atoms with Crippen LogP contribution in [0.2, 0.25) is 0 Å². The molecular formula is C44H39N5O3. The molecule has 2 aromatic heterocycles. The second-order valence-electron chi connectivity index (χ2n) is 12.6. The molecule has 0 radical (unpaired) electrons. The average Bonchev–Trinajstić information content (AvgIpc) is 3.69. The number of pyridine rings is 1. The van der Waals surface area contributed by atoms with Gasteiger partial charge in [-0.3, -0.25) is 4.98 Å². The summed E-state index contributed by atoms with van der Waals surface area (Å²) < 4.78 is 11.5. The first-order chi connectivity index (χ1) is 25.5. The van der Waals surface area contributed by atoms with E-state index in [0.29, 0.717) is 22.8 Å². The van der Waals surface area contributed by atoms with Gasteiger partial charge in [-0.25, -0.2) is 4.79 Å². The van der Waals surface area contributed by atoms with Crippen molar-refractivity contribution in [3.8, 4) is 28.3 Å². The van der Waals surface area contributed by atoms with E-state index in [4.69, 9.17) is 24.9 Å². The number of hydrogen-bond donors (Lipinski definition) is 0. The number of aryl methyl sites for hydroxylation is 2. The molecule has 5 aromatic carbocycles. The summed E-state index contributed by atoms with van der Waals surface area (Å²) in [6, 6.07) is 49.0. The molecule has 0 aliphatic carbocycles. The number of tetrazole rings is 1. The van der Waals surface area contributed by atoms with Crippen LogP contribution >= 0.6 is 0 Å². The zero-order valence-corrected chi connectivity index (χ0v) is 29.4. The SMILES string of the molecule is CCCc1cc(OCc2ccc(-c3ccccc3)c(-c3nnn(C(c4ccccc4)(c4ccccc4)c4ccccc4)n3)c2)c(C(=O)OC)c(C)n1. The Bertz CT molecular complexity index is 2180. The van der Waals surface area contributed by atoms with E-state index < -0.39 is 11.5 Å². The van der Waals surface area contributed by atoms with Crippen LogP contribution in [0.3, 0.4) is 0 Å². The Kier molecular flexibility index (Phi) is 9.97. The Morgan fingerprint density at radius 2 is 1.31 bits per heavy atom. The van der Waals surface area contributed by atoms with Crippen molar-refractivity contribution in [3.63, 3.8) is 0 Å². The Morgan fingerprint density at radius 3 is 1.87 bits per heavy atom. The minimum absolute atomic E-state index is 0.192. The van der Waals surface area contributed by atoms with E-state index in [2.05, 4.69) is 66.5 Å². The van der Waals surface area contributed by atoms with Crippen molar-refractivity contribution in [3.05, 3.63) is 185 Å². The van der Waals surface area contributed by atoms with E-state index in [1.807, 2.05) is 91.0 Å². The Labute approximate surface area is 303 Å². The highest BCUT2D eigenvalue weighted by molar-refractivity contribution is 5.93. The van der Waals surface area contributed by atoms with Crippen LogP contribution in [0.4, 0.5) is 0 Å². The molecule has 2 heterocycles. The summed E-state index contributed by atoms with van der Waals surface area (Å²) in [4.78, 5) is 19.2. The first kappa shape index (κ1) is 34.1. The van der Waals surface area contributed by atoms with E-state index in [9.17, 15) is 4.79 Å². The summed E-state index contributed by atoms with van der Waals surface area (Å²) in [6.07, 6.45) is 1.69. The van der Waals surface area contributed by atoms with Crippen molar-refractivity contribution >= 4 is 5.97 Å². The normalized spacial score (nSPS) is 11.3. The molecule has 258 valence electrons. The number of nitrogens with zero attached hydrogens (tertiary/aromatic N) is 5. The molecule has 0 fully saturated rings. The van der Waals surface area contributed by atoms with Crippen molar-refractivity contribution in [2.45, 2.75) is 38.8 Å². The van der Waals surface area contributed by atoms with Gasteiger partial charge in [-0.05, 0) is 58.0 Å². The summed E-state index contributed by atoms with van der Waals surface area (Å²) >= 11 is 0. The average molecular weight is 686 g/mol. The summed E-state index contributed by atoms with van der Waals surface area (Å²) in [5.74, 6) is 0.426. The van der Waals surface area contributed by atoms with Gasteiger partial charge in [0.2, 0.25) is 5.82 Å². The number of methoxy groups -OCH3 is 1. The van der Waals surface area contributed by atoms with Gasteiger partial charge in [0.05, 0.1) is 12.8 Å². The molecule has 0 aliphatic rings. The topological polar surface area (TPSA) is 92.0 Å². The maximum absolute atomic E-state index is 12.8. The van der Waals surface area contributed by atoms with E-state index in [0.717, 1.165) is 57.5 Å². The first-order valence-corrected chi connectivity index (χ1v) is 17.4. The second kappa shape index (κ2) is 15.2. The molecule has 8 heteroatoms. The van der Waals surface area contributed by atoms with Crippen molar-refractivity contribution in [1.82, 2.24) is 25.2 Å². The molecule has 0 unspecified atom stereocenters. The lowest BCUT2D eigenvalue weighted by atomic mass is 9.77. The van der Waals surface area contributed by atoms with Crippen LogP contribution in [0.5, 0.6) is 5.75 Å². The molecule has 0 spiro atoms. The van der Waals surface area contributed by atoms with Crippen LogP contribution < -0.4 is 4.74 Å². The van der Waals surface area contributed by atoms with Crippen LogP contribution in [0, 0.1) is 6.92 Å². The molecule has 0 aliphatic heterocycles. The molecule has 0 atom stereocenters. The van der Waals surface area contributed by atoms with Crippen molar-refractivity contribution in [1.29, 1.82) is 0 Å². The van der Waals surface area contributed by atoms with Gasteiger partial charge in [0.25, 0.3) is 0 Å². The number of carbonyl (C=O) groups is 1. The van der Waals surface area contributed by atoms with Gasteiger partial charge in [0.15, 0.2) is 5.54 Å². The highest BCUT2D eigenvalue weighted by Gasteiger charge is 2.41. The van der Waals surface area contributed by atoms with Gasteiger partial charge in [-0.2, -0.15) is 0 Å². The molecule has 7 rings (SSSR count). The Balaban J connectivity index is 1.36. The molecule has 0 N–H and O–H groups in total. The fraction of sp³-hybridized carbons (Fsp3) is 0.159. The number of esters is 1. The maximum Gasteiger partial charge on any atom is 0.343 e. The molecule has 52 heavy (non-hydrogen) atoms. The van der Waals surface area contributed by atoms with Gasteiger partial charge >= 0.3 is 5.97 Å². The van der Waals surface area contributed by atoms with Gasteiger partial charge in [0, 0.05) is 17.3 Å². The lowest BCUT2D eigenvalue weighted by Crippen LogP contribution is -2.39. The zero-order valence-electron chi connectivity index (χ0n) is 29.4. The molecule has 8 nitrogen and oxygen atoms in total. The van der Waals surface area contributed by atoms with Crippen LogP contribution in [0.15, 0.2) is 146 Å². The minimum atomic E-state index is -0.914. The number of hydrogen-bond acceptors (Lipinski definition) is 7. The van der Waals surface area contributed by atoms with Gasteiger partial charge in [0.1, 0.15) is 17.9 Å². The molecule has 0 saturated heterocycles. The zero-order chi connectivity index (χ0) is 35.9. The lowest BCUT2D eigenvalue weighted by molar-refractivity contribution is 0.0594. The monoisotopic (exact) mass is 685 g/mol.